The number of nitrogens with one attached hydrogen (secondary N) is 1. The van der Waals surface area contributed by atoms with Gasteiger partial charge >= 0.3 is 5.69 Å². The minimum absolute atomic E-state index is 0.167. The van der Waals surface area contributed by atoms with E-state index in [1.54, 1.807) is 28.8 Å². The molecule has 0 aliphatic carbocycles. The molecular formula is C20H22N6O3S. The first-order chi connectivity index (χ1) is 14.6. The van der Waals surface area contributed by atoms with Gasteiger partial charge in [-0.2, -0.15) is 10.4 Å². The second kappa shape index (κ2) is 8.75. The molecule has 2 aromatic rings. The standard InChI is InChI=1S/C20H22N6O3S/c21-10-14-5-7-15(8-6-14)22-19(28)16-12-30-13-25(16)18(27)11-26-20(29)24-9-3-1-2-4-17(24)23-26/h5-8,16H,1-4,9,11-13H2,(H,22,28). The maximum absolute atomic E-state index is 12.9. The molecule has 30 heavy (non-hydrogen) atoms. The summed E-state index contributed by atoms with van der Waals surface area (Å²) in [5.41, 5.74) is 0.813. The van der Waals surface area contributed by atoms with Gasteiger partial charge in [-0.1, -0.05) is 6.42 Å². The molecule has 0 spiro atoms. The molecule has 156 valence electrons. The van der Waals surface area contributed by atoms with E-state index in [9.17, 15) is 14.4 Å². The summed E-state index contributed by atoms with van der Waals surface area (Å²) in [5, 5.41) is 16.0. The molecular weight excluding hydrogens is 404 g/mol. The summed E-state index contributed by atoms with van der Waals surface area (Å²) in [5.74, 6) is 1.03. The molecule has 1 aromatic carbocycles. The highest BCUT2D eigenvalue weighted by atomic mass is 32.2. The monoisotopic (exact) mass is 426 g/mol. The molecule has 1 aromatic heterocycles. The number of nitriles is 1. The Morgan fingerprint density at radius 3 is 2.80 bits per heavy atom. The van der Waals surface area contributed by atoms with Crippen LogP contribution in [0.4, 0.5) is 5.69 Å². The zero-order valence-corrected chi connectivity index (χ0v) is 17.2. The van der Waals surface area contributed by atoms with Crippen LogP contribution in [0.3, 0.4) is 0 Å². The lowest BCUT2D eigenvalue weighted by Crippen LogP contribution is -2.46. The molecule has 1 saturated heterocycles. The van der Waals surface area contributed by atoms with Crippen molar-refractivity contribution in [2.24, 2.45) is 0 Å². The second-order valence-corrected chi connectivity index (χ2v) is 8.38. The van der Waals surface area contributed by atoms with Gasteiger partial charge in [0.15, 0.2) is 0 Å². The number of nitrogens with zero attached hydrogens (tertiary/aromatic N) is 5. The molecule has 2 aliphatic heterocycles. The first-order valence-electron chi connectivity index (χ1n) is 9.91. The average Bonchev–Trinajstić information content (AvgIpc) is 3.27. The summed E-state index contributed by atoms with van der Waals surface area (Å²) < 4.78 is 2.88. The Bertz CT molecular complexity index is 1050. The van der Waals surface area contributed by atoms with E-state index in [0.717, 1.165) is 31.5 Å². The van der Waals surface area contributed by atoms with E-state index < -0.39 is 6.04 Å². The summed E-state index contributed by atoms with van der Waals surface area (Å²) in [6, 6.07) is 7.97. The van der Waals surface area contributed by atoms with Crippen molar-refractivity contribution in [3.8, 4) is 6.07 Å². The Labute approximate surface area is 177 Å². The van der Waals surface area contributed by atoms with Crippen molar-refractivity contribution < 1.29 is 9.59 Å². The van der Waals surface area contributed by atoms with Crippen LogP contribution in [-0.2, 0) is 29.1 Å². The highest BCUT2D eigenvalue weighted by Gasteiger charge is 2.35. The zero-order valence-electron chi connectivity index (χ0n) is 16.4. The van der Waals surface area contributed by atoms with Gasteiger partial charge in [-0.15, -0.1) is 11.8 Å². The number of aryl methyl sites for hydroxylation is 1. The molecule has 1 atom stereocenters. The minimum Gasteiger partial charge on any atom is -0.324 e. The van der Waals surface area contributed by atoms with Crippen LogP contribution in [0.5, 0.6) is 0 Å². The van der Waals surface area contributed by atoms with E-state index in [-0.39, 0.29) is 24.0 Å². The highest BCUT2D eigenvalue weighted by Crippen LogP contribution is 2.23. The topological polar surface area (TPSA) is 113 Å². The van der Waals surface area contributed by atoms with Crippen LogP contribution in [0.1, 0.15) is 30.7 Å². The third-order valence-electron chi connectivity index (χ3n) is 5.35. The third-order valence-corrected chi connectivity index (χ3v) is 6.37. The Balaban J connectivity index is 1.44. The largest absolute Gasteiger partial charge is 0.346 e. The Kier molecular flexibility index (Phi) is 5.90. The van der Waals surface area contributed by atoms with Gasteiger partial charge in [-0.25, -0.2) is 9.48 Å². The highest BCUT2D eigenvalue weighted by molar-refractivity contribution is 7.99. The molecule has 1 N–H and O–H groups in total. The number of carbonyl (C=O) groups excluding carboxylic acids is 2. The lowest BCUT2D eigenvalue weighted by molar-refractivity contribution is -0.136. The van der Waals surface area contributed by atoms with Crippen LogP contribution >= 0.6 is 11.8 Å². The van der Waals surface area contributed by atoms with Crippen molar-refractivity contribution in [2.45, 2.75) is 44.8 Å². The van der Waals surface area contributed by atoms with Crippen molar-refractivity contribution in [1.29, 1.82) is 5.26 Å². The number of aromatic nitrogens is 3. The van der Waals surface area contributed by atoms with Crippen molar-refractivity contribution in [2.75, 3.05) is 16.9 Å². The fourth-order valence-electron chi connectivity index (χ4n) is 3.71. The van der Waals surface area contributed by atoms with Gasteiger partial charge in [0.05, 0.1) is 17.5 Å². The molecule has 2 amide bonds. The lowest BCUT2D eigenvalue weighted by Gasteiger charge is -2.23. The van der Waals surface area contributed by atoms with Gasteiger partial charge in [0.1, 0.15) is 18.4 Å². The number of amides is 2. The number of rotatable bonds is 4. The van der Waals surface area contributed by atoms with Crippen LogP contribution < -0.4 is 11.0 Å². The van der Waals surface area contributed by atoms with E-state index in [4.69, 9.17) is 5.26 Å². The van der Waals surface area contributed by atoms with Crippen LogP contribution in [0.2, 0.25) is 0 Å². The summed E-state index contributed by atoms with van der Waals surface area (Å²) in [4.78, 5) is 39.7. The number of thioether (sulfide) groups is 1. The Morgan fingerprint density at radius 2 is 2.03 bits per heavy atom. The van der Waals surface area contributed by atoms with Gasteiger partial charge < -0.3 is 10.2 Å². The van der Waals surface area contributed by atoms with E-state index >= 15 is 0 Å². The lowest BCUT2D eigenvalue weighted by atomic mass is 10.2. The third kappa shape index (κ3) is 4.11. The zero-order chi connectivity index (χ0) is 21.1. The number of hydrogen-bond acceptors (Lipinski definition) is 6. The van der Waals surface area contributed by atoms with E-state index in [1.807, 2.05) is 6.07 Å². The maximum atomic E-state index is 12.9. The molecule has 3 heterocycles. The first kappa shape index (κ1) is 20.2. The Morgan fingerprint density at radius 1 is 1.23 bits per heavy atom. The van der Waals surface area contributed by atoms with Crippen molar-refractivity contribution in [1.82, 2.24) is 19.2 Å². The molecule has 10 heteroatoms. The average molecular weight is 427 g/mol. The van der Waals surface area contributed by atoms with Gasteiger partial charge in [0, 0.05) is 24.4 Å². The van der Waals surface area contributed by atoms with Crippen LogP contribution in [0.15, 0.2) is 29.1 Å². The second-order valence-electron chi connectivity index (χ2n) is 7.38. The molecule has 0 saturated carbocycles. The van der Waals surface area contributed by atoms with Gasteiger partial charge in [-0.3, -0.25) is 14.2 Å². The summed E-state index contributed by atoms with van der Waals surface area (Å²) >= 11 is 1.50. The van der Waals surface area contributed by atoms with Gasteiger partial charge in [-0.05, 0) is 37.1 Å². The summed E-state index contributed by atoms with van der Waals surface area (Å²) in [7, 11) is 0. The number of carbonyl (C=O) groups is 2. The minimum atomic E-state index is -0.616. The van der Waals surface area contributed by atoms with Crippen LogP contribution in [-0.4, -0.2) is 48.7 Å². The SMILES string of the molecule is N#Cc1ccc(NC(=O)C2CSCN2C(=O)Cn2nc3n(c2=O)CCCCC3)cc1. The molecule has 2 aliphatic rings. The van der Waals surface area contributed by atoms with Gasteiger partial charge in [0.2, 0.25) is 11.8 Å². The molecule has 4 rings (SSSR count). The van der Waals surface area contributed by atoms with Crippen molar-refractivity contribution in [3.63, 3.8) is 0 Å². The number of fused-ring (bicyclic) bond motifs is 1. The predicted octanol–water partition coefficient (Wildman–Crippen LogP) is 1.18. The summed E-state index contributed by atoms with van der Waals surface area (Å²) in [6.45, 7) is 0.470. The molecule has 0 radical (unpaired) electrons. The van der Waals surface area contributed by atoms with E-state index in [2.05, 4.69) is 10.4 Å². The smallest absolute Gasteiger partial charge is 0.324 e. The number of hydrogen-bond donors (Lipinski definition) is 1. The first-order valence-corrected chi connectivity index (χ1v) is 11.1. The van der Waals surface area contributed by atoms with Crippen molar-refractivity contribution >= 4 is 29.3 Å². The molecule has 1 fully saturated rings. The van der Waals surface area contributed by atoms with Gasteiger partial charge in [0.25, 0.3) is 0 Å². The van der Waals surface area contributed by atoms with E-state index in [1.165, 1.54) is 21.3 Å². The maximum Gasteiger partial charge on any atom is 0.346 e. The number of benzene rings is 1. The fraction of sp³-hybridized carbons (Fsp3) is 0.450. The molecule has 9 nitrogen and oxygen atoms in total. The quantitative estimate of drug-likeness (QED) is 0.786. The molecule has 0 bridgehead atoms. The Hall–Kier alpha value is -3.06. The number of anilines is 1. The predicted molar refractivity (Wildman–Crippen MR) is 112 cm³/mol. The summed E-state index contributed by atoms with van der Waals surface area (Å²) in [6.07, 6.45) is 3.74. The van der Waals surface area contributed by atoms with E-state index in [0.29, 0.717) is 29.4 Å². The molecule has 1 unspecified atom stereocenters. The van der Waals surface area contributed by atoms with Crippen molar-refractivity contribution in [3.05, 3.63) is 46.1 Å². The normalized spacial score (nSPS) is 18.4. The van der Waals surface area contributed by atoms with Crippen LogP contribution in [0, 0.1) is 11.3 Å². The van der Waals surface area contributed by atoms with Crippen LogP contribution in [0.25, 0.3) is 0 Å². The fourth-order valence-corrected chi connectivity index (χ4v) is 4.89.